The smallest absolute Gasteiger partial charge is 0.253 e. The van der Waals surface area contributed by atoms with Gasteiger partial charge >= 0.3 is 0 Å². The first-order valence-corrected chi connectivity index (χ1v) is 6.44. The number of carbonyl (C=O) groups is 2. The van der Waals surface area contributed by atoms with Crippen molar-refractivity contribution in [3.8, 4) is 0 Å². The number of fused-ring (bicyclic) bond motifs is 1. The second-order valence-corrected chi connectivity index (χ2v) is 4.89. The predicted octanol–water partition coefficient (Wildman–Crippen LogP) is 0.716. The molecular weight excluding hydrogens is 314 g/mol. The highest BCUT2D eigenvalue weighted by atomic mass is 79.9. The average Bonchev–Trinajstić information content (AvgIpc) is 2.80. The van der Waals surface area contributed by atoms with Gasteiger partial charge < -0.3 is 11.1 Å². The summed E-state index contributed by atoms with van der Waals surface area (Å²) in [6.07, 6.45) is 0.759. The van der Waals surface area contributed by atoms with Crippen molar-refractivity contribution in [1.29, 1.82) is 0 Å². The van der Waals surface area contributed by atoms with Gasteiger partial charge in [-0.15, -0.1) is 0 Å². The molecule has 0 aliphatic heterocycles. The van der Waals surface area contributed by atoms with E-state index in [1.165, 1.54) is 0 Å². The lowest BCUT2D eigenvalue weighted by atomic mass is 10.1. The molecule has 100 valence electrons. The number of nitrogens with zero attached hydrogens (tertiary/aromatic N) is 2. The zero-order valence-electron chi connectivity index (χ0n) is 9.94. The molecule has 0 saturated heterocycles. The van der Waals surface area contributed by atoms with E-state index in [1.807, 2.05) is 0 Å². The molecule has 2 amide bonds. The Balaban J connectivity index is 2.08. The number of primary amides is 1. The number of hydrogen-bond acceptors (Lipinski definition) is 4. The van der Waals surface area contributed by atoms with Crippen LogP contribution in [-0.2, 0) is 4.79 Å². The summed E-state index contributed by atoms with van der Waals surface area (Å²) >= 11 is 3.31. The largest absolute Gasteiger partial charge is 0.370 e. The van der Waals surface area contributed by atoms with Gasteiger partial charge in [0.2, 0.25) is 5.91 Å². The van der Waals surface area contributed by atoms with Crippen LogP contribution in [-0.4, -0.2) is 33.8 Å². The van der Waals surface area contributed by atoms with Crippen LogP contribution in [0.2, 0.25) is 0 Å². The number of amides is 2. The molecule has 1 aromatic heterocycles. The average molecular weight is 326 g/mol. The maximum absolute atomic E-state index is 12.0. The zero-order valence-corrected chi connectivity index (χ0v) is 11.5. The molecule has 2 aromatic rings. The minimum Gasteiger partial charge on any atom is -0.370 e. The van der Waals surface area contributed by atoms with E-state index in [2.05, 4.69) is 36.7 Å². The van der Waals surface area contributed by atoms with E-state index in [0.717, 1.165) is 4.47 Å². The third-order valence-electron chi connectivity index (χ3n) is 2.52. The van der Waals surface area contributed by atoms with Gasteiger partial charge in [0.25, 0.3) is 5.91 Å². The van der Waals surface area contributed by atoms with Gasteiger partial charge in [0.1, 0.15) is 11.0 Å². The number of nitrogens with two attached hydrogens (primary N) is 1. The summed E-state index contributed by atoms with van der Waals surface area (Å²) in [5, 5.41) is 13.1. The second-order valence-electron chi connectivity index (χ2n) is 3.97. The lowest BCUT2D eigenvalue weighted by Crippen LogP contribution is -2.25. The van der Waals surface area contributed by atoms with Crippen LogP contribution in [0.3, 0.4) is 0 Å². The van der Waals surface area contributed by atoms with Crippen molar-refractivity contribution >= 4 is 38.8 Å². The molecule has 0 unspecified atom stereocenters. The van der Waals surface area contributed by atoms with Crippen molar-refractivity contribution in [2.24, 2.45) is 5.73 Å². The van der Waals surface area contributed by atoms with Gasteiger partial charge in [-0.2, -0.15) is 15.4 Å². The molecule has 1 heterocycles. The fraction of sp³-hybridized carbons (Fsp3) is 0.273. The number of halogens is 1. The third-order valence-corrected chi connectivity index (χ3v) is 2.97. The second kappa shape index (κ2) is 5.79. The number of nitrogens with one attached hydrogen (secondary N) is 2. The molecule has 0 spiro atoms. The van der Waals surface area contributed by atoms with E-state index in [1.54, 1.807) is 12.1 Å². The van der Waals surface area contributed by atoms with Gasteiger partial charge in [-0.3, -0.25) is 9.59 Å². The molecule has 0 saturated carbocycles. The molecule has 0 aliphatic rings. The molecule has 0 fully saturated rings. The molecule has 2 rings (SSSR count). The number of hydrogen-bond donors (Lipinski definition) is 3. The minimum atomic E-state index is -0.379. The highest BCUT2D eigenvalue weighted by Gasteiger charge is 2.13. The summed E-state index contributed by atoms with van der Waals surface area (Å²) in [6, 6.07) is 3.44. The maximum atomic E-state index is 12.0. The molecule has 4 N–H and O–H groups in total. The number of aromatic amines is 1. The molecule has 0 aliphatic carbocycles. The van der Waals surface area contributed by atoms with Crippen molar-refractivity contribution < 1.29 is 9.59 Å². The molecule has 0 atom stereocenters. The summed E-state index contributed by atoms with van der Waals surface area (Å²) in [6.45, 7) is 0.383. The third kappa shape index (κ3) is 3.28. The fourth-order valence-electron chi connectivity index (χ4n) is 1.65. The van der Waals surface area contributed by atoms with Gasteiger partial charge in [0.15, 0.2) is 0 Å². The Kier molecular flexibility index (Phi) is 4.10. The summed E-state index contributed by atoms with van der Waals surface area (Å²) in [5.41, 5.74) is 6.57. The van der Waals surface area contributed by atoms with Crippen molar-refractivity contribution in [2.75, 3.05) is 6.54 Å². The summed E-state index contributed by atoms with van der Waals surface area (Å²) < 4.78 is 0.746. The van der Waals surface area contributed by atoms with Gasteiger partial charge in [-0.05, 0) is 18.6 Å². The Labute approximate surface area is 117 Å². The number of carbonyl (C=O) groups excluding carboxylic acids is 2. The number of H-pyrrole nitrogens is 1. The van der Waals surface area contributed by atoms with Crippen LogP contribution in [0.15, 0.2) is 16.6 Å². The van der Waals surface area contributed by atoms with E-state index in [4.69, 9.17) is 5.73 Å². The quantitative estimate of drug-likeness (QED) is 0.702. The number of aromatic nitrogens is 3. The Bertz CT molecular complexity index is 625. The Morgan fingerprint density at radius 3 is 2.89 bits per heavy atom. The lowest BCUT2D eigenvalue weighted by molar-refractivity contribution is -0.118. The SMILES string of the molecule is NC(=O)CCCNC(=O)c1cc(Br)cc2n[nH]nc12. The zero-order chi connectivity index (χ0) is 13.8. The van der Waals surface area contributed by atoms with Crippen molar-refractivity contribution in [1.82, 2.24) is 20.7 Å². The monoisotopic (exact) mass is 325 g/mol. The van der Waals surface area contributed by atoms with Crippen LogP contribution in [0.1, 0.15) is 23.2 Å². The van der Waals surface area contributed by atoms with Crippen LogP contribution in [0.5, 0.6) is 0 Å². The lowest BCUT2D eigenvalue weighted by Gasteiger charge is -2.05. The standard InChI is InChI=1S/C11H12BrN5O2/c12-6-4-7(10-8(5-6)15-17-16-10)11(19)14-3-1-2-9(13)18/h4-5H,1-3H2,(H2,13,18)(H,14,19)(H,15,16,17). The topological polar surface area (TPSA) is 114 Å². The molecule has 7 nitrogen and oxygen atoms in total. The summed E-state index contributed by atoms with van der Waals surface area (Å²) in [7, 11) is 0. The van der Waals surface area contributed by atoms with Crippen LogP contribution in [0.4, 0.5) is 0 Å². The normalized spacial score (nSPS) is 10.6. The first-order chi connectivity index (χ1) is 9.08. The van der Waals surface area contributed by atoms with Crippen LogP contribution >= 0.6 is 15.9 Å². The van der Waals surface area contributed by atoms with E-state index in [-0.39, 0.29) is 18.2 Å². The fourth-order valence-corrected chi connectivity index (χ4v) is 2.10. The van der Waals surface area contributed by atoms with E-state index in [9.17, 15) is 9.59 Å². The van der Waals surface area contributed by atoms with Gasteiger partial charge in [-0.1, -0.05) is 15.9 Å². The van der Waals surface area contributed by atoms with Crippen molar-refractivity contribution in [3.63, 3.8) is 0 Å². The molecule has 19 heavy (non-hydrogen) atoms. The predicted molar refractivity (Wildman–Crippen MR) is 72.4 cm³/mol. The van der Waals surface area contributed by atoms with Gasteiger partial charge in [0, 0.05) is 17.4 Å². The first kappa shape index (κ1) is 13.5. The maximum Gasteiger partial charge on any atom is 0.253 e. The van der Waals surface area contributed by atoms with Gasteiger partial charge in [0.05, 0.1) is 5.56 Å². The van der Waals surface area contributed by atoms with Crippen LogP contribution in [0.25, 0.3) is 11.0 Å². The first-order valence-electron chi connectivity index (χ1n) is 5.64. The number of benzene rings is 1. The summed E-state index contributed by atoms with van der Waals surface area (Å²) in [4.78, 5) is 22.6. The molecular formula is C11H12BrN5O2. The molecule has 0 radical (unpaired) electrons. The van der Waals surface area contributed by atoms with E-state index >= 15 is 0 Å². The van der Waals surface area contributed by atoms with Crippen LogP contribution < -0.4 is 11.1 Å². The number of rotatable bonds is 5. The van der Waals surface area contributed by atoms with Gasteiger partial charge in [-0.25, -0.2) is 0 Å². The Hall–Kier alpha value is -1.96. The Morgan fingerprint density at radius 1 is 1.37 bits per heavy atom. The minimum absolute atomic E-state index is 0.248. The van der Waals surface area contributed by atoms with E-state index in [0.29, 0.717) is 29.6 Å². The molecule has 1 aromatic carbocycles. The van der Waals surface area contributed by atoms with Crippen LogP contribution in [0, 0.1) is 0 Å². The van der Waals surface area contributed by atoms with Crippen molar-refractivity contribution in [3.05, 3.63) is 22.2 Å². The highest BCUT2D eigenvalue weighted by Crippen LogP contribution is 2.20. The Morgan fingerprint density at radius 2 is 2.16 bits per heavy atom. The molecule has 0 bridgehead atoms. The van der Waals surface area contributed by atoms with Crippen molar-refractivity contribution in [2.45, 2.75) is 12.8 Å². The highest BCUT2D eigenvalue weighted by molar-refractivity contribution is 9.10. The van der Waals surface area contributed by atoms with E-state index < -0.39 is 0 Å². The summed E-state index contributed by atoms with van der Waals surface area (Å²) in [5.74, 6) is -0.639. The molecule has 8 heteroatoms.